The number of pyridine rings is 1. The van der Waals surface area contributed by atoms with E-state index >= 15 is 0 Å². The van der Waals surface area contributed by atoms with Gasteiger partial charge in [-0.2, -0.15) is 0 Å². The third-order valence-corrected chi connectivity index (χ3v) is 3.26. The number of hydrogen-bond acceptors (Lipinski definition) is 2. The molecule has 0 fully saturated rings. The summed E-state index contributed by atoms with van der Waals surface area (Å²) >= 11 is 0. The van der Waals surface area contributed by atoms with Gasteiger partial charge >= 0.3 is 0 Å². The summed E-state index contributed by atoms with van der Waals surface area (Å²) in [5, 5.41) is 0. The highest BCUT2D eigenvalue weighted by atomic mass is 14.8. The van der Waals surface area contributed by atoms with Gasteiger partial charge in [-0.3, -0.25) is 4.98 Å². The van der Waals surface area contributed by atoms with Crippen molar-refractivity contribution in [2.45, 2.75) is 25.3 Å². The highest BCUT2D eigenvalue weighted by molar-refractivity contribution is 5.27. The molecule has 2 nitrogen and oxygen atoms in total. The smallest absolute Gasteiger partial charge is 0.0478 e. The predicted octanol–water partition coefficient (Wildman–Crippen LogP) is 3.06. The molecule has 0 radical (unpaired) electrons. The van der Waals surface area contributed by atoms with Crippen molar-refractivity contribution in [3.8, 4) is 0 Å². The second kappa shape index (κ2) is 4.68. The van der Waals surface area contributed by atoms with Crippen molar-refractivity contribution in [3.63, 3.8) is 0 Å². The van der Waals surface area contributed by atoms with Crippen molar-refractivity contribution in [1.29, 1.82) is 0 Å². The van der Waals surface area contributed by atoms with Crippen LogP contribution in [0.15, 0.2) is 54.7 Å². The maximum Gasteiger partial charge on any atom is 0.0478 e. The van der Waals surface area contributed by atoms with Gasteiger partial charge in [0.2, 0.25) is 0 Å². The largest absolute Gasteiger partial charge is 0.323 e. The SMILES string of the molecule is CC(C)(c1ccccn1)[C@H](N)c1ccccc1. The number of benzene rings is 1. The summed E-state index contributed by atoms with van der Waals surface area (Å²) in [7, 11) is 0. The molecule has 0 bridgehead atoms. The molecule has 17 heavy (non-hydrogen) atoms. The van der Waals surface area contributed by atoms with E-state index in [9.17, 15) is 0 Å². The van der Waals surface area contributed by atoms with E-state index in [0.29, 0.717) is 0 Å². The summed E-state index contributed by atoms with van der Waals surface area (Å²) in [4.78, 5) is 4.42. The van der Waals surface area contributed by atoms with E-state index in [-0.39, 0.29) is 11.5 Å². The average Bonchev–Trinajstić information content (AvgIpc) is 2.40. The zero-order chi connectivity index (χ0) is 12.3. The number of rotatable bonds is 3. The first-order chi connectivity index (χ1) is 8.12. The number of nitrogens with two attached hydrogens (primary N) is 1. The van der Waals surface area contributed by atoms with Gasteiger partial charge in [0.15, 0.2) is 0 Å². The molecule has 0 aliphatic heterocycles. The molecule has 2 aromatic rings. The molecule has 1 atom stereocenters. The van der Waals surface area contributed by atoms with E-state index in [1.54, 1.807) is 0 Å². The van der Waals surface area contributed by atoms with Crippen LogP contribution in [-0.4, -0.2) is 4.98 Å². The molecule has 1 heterocycles. The second-order valence-corrected chi connectivity index (χ2v) is 4.83. The van der Waals surface area contributed by atoms with Gasteiger partial charge < -0.3 is 5.73 Å². The lowest BCUT2D eigenvalue weighted by atomic mass is 9.78. The van der Waals surface area contributed by atoms with Crippen molar-refractivity contribution < 1.29 is 0 Å². The van der Waals surface area contributed by atoms with Crippen LogP contribution in [0.2, 0.25) is 0 Å². The third kappa shape index (κ3) is 2.37. The van der Waals surface area contributed by atoms with E-state index in [1.807, 2.05) is 42.6 Å². The second-order valence-electron chi connectivity index (χ2n) is 4.83. The average molecular weight is 226 g/mol. The number of nitrogens with zero attached hydrogens (tertiary/aromatic N) is 1. The van der Waals surface area contributed by atoms with Gasteiger partial charge in [0.05, 0.1) is 0 Å². The maximum atomic E-state index is 6.36. The van der Waals surface area contributed by atoms with Crippen LogP contribution in [0.25, 0.3) is 0 Å². The third-order valence-electron chi connectivity index (χ3n) is 3.26. The van der Waals surface area contributed by atoms with Crippen LogP contribution in [0, 0.1) is 0 Å². The van der Waals surface area contributed by atoms with Crippen LogP contribution in [0.3, 0.4) is 0 Å². The van der Waals surface area contributed by atoms with Gasteiger partial charge in [-0.1, -0.05) is 50.2 Å². The minimum Gasteiger partial charge on any atom is -0.323 e. The number of hydrogen-bond donors (Lipinski definition) is 1. The quantitative estimate of drug-likeness (QED) is 0.873. The van der Waals surface area contributed by atoms with Gasteiger partial charge in [-0.25, -0.2) is 0 Å². The molecule has 2 N–H and O–H groups in total. The van der Waals surface area contributed by atoms with Gasteiger partial charge in [0, 0.05) is 23.3 Å². The summed E-state index contributed by atoms with van der Waals surface area (Å²) in [5.41, 5.74) is 8.35. The van der Waals surface area contributed by atoms with E-state index in [1.165, 1.54) is 0 Å². The van der Waals surface area contributed by atoms with Crippen LogP contribution in [0.4, 0.5) is 0 Å². The standard InChI is InChI=1S/C15H18N2/c1-15(2,13-10-6-7-11-17-13)14(16)12-8-4-3-5-9-12/h3-11,14H,16H2,1-2H3/t14-/m1/s1. The Kier molecular flexibility index (Phi) is 3.25. The first kappa shape index (κ1) is 11.8. The monoisotopic (exact) mass is 226 g/mol. The van der Waals surface area contributed by atoms with Crippen molar-refractivity contribution in [1.82, 2.24) is 4.98 Å². The molecule has 1 aromatic carbocycles. The molecule has 2 rings (SSSR count). The van der Waals surface area contributed by atoms with Crippen molar-refractivity contribution in [2.24, 2.45) is 5.73 Å². The summed E-state index contributed by atoms with van der Waals surface area (Å²) in [5.74, 6) is 0. The lowest BCUT2D eigenvalue weighted by molar-refractivity contribution is 0.409. The van der Waals surface area contributed by atoms with Gasteiger partial charge in [0.1, 0.15) is 0 Å². The Balaban J connectivity index is 2.33. The fourth-order valence-corrected chi connectivity index (χ4v) is 1.98. The molecule has 0 aliphatic carbocycles. The van der Waals surface area contributed by atoms with Crippen LogP contribution >= 0.6 is 0 Å². The topological polar surface area (TPSA) is 38.9 Å². The minimum absolute atomic E-state index is 0.0569. The van der Waals surface area contributed by atoms with Gasteiger partial charge in [-0.05, 0) is 17.7 Å². The fraction of sp³-hybridized carbons (Fsp3) is 0.267. The Labute approximate surface area is 103 Å². The Bertz CT molecular complexity index is 463. The molecule has 0 amide bonds. The molecule has 1 aromatic heterocycles. The molecule has 0 saturated heterocycles. The molecular formula is C15H18N2. The molecule has 0 unspecified atom stereocenters. The fourth-order valence-electron chi connectivity index (χ4n) is 1.98. The van der Waals surface area contributed by atoms with E-state index in [0.717, 1.165) is 11.3 Å². The zero-order valence-corrected chi connectivity index (χ0v) is 10.3. The Hall–Kier alpha value is -1.67. The first-order valence-corrected chi connectivity index (χ1v) is 5.84. The van der Waals surface area contributed by atoms with Gasteiger partial charge in [-0.15, -0.1) is 0 Å². The molecule has 2 heteroatoms. The number of aromatic nitrogens is 1. The lowest BCUT2D eigenvalue weighted by Gasteiger charge is -2.31. The minimum atomic E-state index is -0.178. The molecule has 88 valence electrons. The van der Waals surface area contributed by atoms with Crippen molar-refractivity contribution in [3.05, 3.63) is 66.0 Å². The van der Waals surface area contributed by atoms with Crippen LogP contribution in [0.5, 0.6) is 0 Å². The molecular weight excluding hydrogens is 208 g/mol. The van der Waals surface area contributed by atoms with E-state index < -0.39 is 0 Å². The Morgan fingerprint density at radius 2 is 1.65 bits per heavy atom. The molecule has 0 aliphatic rings. The molecule has 0 spiro atoms. The van der Waals surface area contributed by atoms with Crippen molar-refractivity contribution in [2.75, 3.05) is 0 Å². The van der Waals surface area contributed by atoms with Crippen LogP contribution in [0.1, 0.15) is 31.1 Å². The highest BCUT2D eigenvalue weighted by Gasteiger charge is 2.30. The summed E-state index contributed by atoms with van der Waals surface area (Å²) in [6.45, 7) is 4.26. The van der Waals surface area contributed by atoms with Crippen molar-refractivity contribution >= 4 is 0 Å². The predicted molar refractivity (Wildman–Crippen MR) is 70.6 cm³/mol. The van der Waals surface area contributed by atoms with Gasteiger partial charge in [0.25, 0.3) is 0 Å². The maximum absolute atomic E-state index is 6.36. The normalized spacial score (nSPS) is 13.4. The summed E-state index contributed by atoms with van der Waals surface area (Å²) < 4.78 is 0. The van der Waals surface area contributed by atoms with Crippen LogP contribution < -0.4 is 5.73 Å². The highest BCUT2D eigenvalue weighted by Crippen LogP contribution is 2.33. The zero-order valence-electron chi connectivity index (χ0n) is 10.3. The first-order valence-electron chi connectivity index (χ1n) is 5.84. The Morgan fingerprint density at radius 3 is 2.24 bits per heavy atom. The summed E-state index contributed by atoms with van der Waals surface area (Å²) in [6.07, 6.45) is 1.81. The Morgan fingerprint density at radius 1 is 1.00 bits per heavy atom. The lowest BCUT2D eigenvalue weighted by Crippen LogP contribution is -2.33. The van der Waals surface area contributed by atoms with E-state index in [4.69, 9.17) is 5.73 Å². The van der Waals surface area contributed by atoms with Crippen LogP contribution in [-0.2, 0) is 5.41 Å². The molecule has 0 saturated carbocycles. The summed E-state index contributed by atoms with van der Waals surface area (Å²) in [6, 6.07) is 16.1. The van der Waals surface area contributed by atoms with E-state index in [2.05, 4.69) is 31.0 Å².